The maximum atomic E-state index is 13.1. The number of aliphatic hydroxyl groups is 1. The van der Waals surface area contributed by atoms with E-state index in [4.69, 9.17) is 5.73 Å². The van der Waals surface area contributed by atoms with Gasteiger partial charge in [0, 0.05) is 6.54 Å². The van der Waals surface area contributed by atoms with E-state index in [0.717, 1.165) is 0 Å². The summed E-state index contributed by atoms with van der Waals surface area (Å²) in [4.78, 5) is 51.2. The van der Waals surface area contributed by atoms with E-state index in [1.165, 1.54) is 11.8 Å². The van der Waals surface area contributed by atoms with Gasteiger partial charge in [0.05, 0.1) is 12.1 Å². The zero-order valence-electron chi connectivity index (χ0n) is 19.1. The molecule has 1 rings (SSSR count). The number of likely N-dealkylation sites (tertiary alicyclic amines) is 1. The van der Waals surface area contributed by atoms with Crippen LogP contribution in [-0.2, 0) is 19.2 Å². The highest BCUT2D eigenvalue weighted by Gasteiger charge is 2.40. The van der Waals surface area contributed by atoms with Crippen LogP contribution in [0.2, 0.25) is 0 Å². The molecule has 0 radical (unpaired) electrons. The lowest BCUT2D eigenvalue weighted by Crippen LogP contribution is -2.61. The topological polar surface area (TPSA) is 162 Å². The number of rotatable bonds is 11. The van der Waals surface area contributed by atoms with Gasteiger partial charge in [-0.05, 0) is 38.0 Å². The molecule has 0 bridgehead atoms. The molecule has 31 heavy (non-hydrogen) atoms. The highest BCUT2D eigenvalue weighted by Crippen LogP contribution is 2.21. The van der Waals surface area contributed by atoms with Crippen LogP contribution in [0.1, 0.15) is 60.3 Å². The minimum Gasteiger partial charge on any atom is -0.480 e. The van der Waals surface area contributed by atoms with Crippen LogP contribution >= 0.6 is 0 Å². The van der Waals surface area contributed by atoms with Gasteiger partial charge in [-0.15, -0.1) is 0 Å². The van der Waals surface area contributed by atoms with Crippen molar-refractivity contribution < 1.29 is 29.4 Å². The third-order valence-corrected chi connectivity index (χ3v) is 5.72. The summed E-state index contributed by atoms with van der Waals surface area (Å²) in [5.74, 6) is -2.93. The molecule has 6 unspecified atom stereocenters. The van der Waals surface area contributed by atoms with Gasteiger partial charge in [0.2, 0.25) is 17.7 Å². The molecule has 0 aromatic rings. The van der Waals surface area contributed by atoms with Gasteiger partial charge >= 0.3 is 5.97 Å². The SMILES string of the molecule is CCC(C)C(NC(=O)C(NC(=O)C(N)CC(C)C)C(C)O)C(=O)N1CCCC1C(=O)O. The summed E-state index contributed by atoms with van der Waals surface area (Å²) in [7, 11) is 0. The summed E-state index contributed by atoms with van der Waals surface area (Å²) in [5, 5.41) is 24.6. The molecule has 178 valence electrons. The van der Waals surface area contributed by atoms with Crippen molar-refractivity contribution >= 4 is 23.7 Å². The lowest BCUT2D eigenvalue weighted by molar-refractivity contribution is -0.150. The molecule has 1 saturated heterocycles. The quantitative estimate of drug-likeness (QED) is 0.297. The number of nitrogens with two attached hydrogens (primary N) is 1. The molecule has 1 aliphatic heterocycles. The van der Waals surface area contributed by atoms with Crippen LogP contribution in [0.5, 0.6) is 0 Å². The smallest absolute Gasteiger partial charge is 0.326 e. The van der Waals surface area contributed by atoms with Crippen LogP contribution in [0, 0.1) is 11.8 Å². The van der Waals surface area contributed by atoms with E-state index in [-0.39, 0.29) is 11.8 Å². The second-order valence-electron chi connectivity index (χ2n) is 8.86. The van der Waals surface area contributed by atoms with Crippen molar-refractivity contribution in [3.05, 3.63) is 0 Å². The molecule has 10 nitrogen and oxygen atoms in total. The van der Waals surface area contributed by atoms with E-state index in [0.29, 0.717) is 32.2 Å². The Morgan fingerprint density at radius 1 is 1.06 bits per heavy atom. The number of amides is 3. The fraction of sp³-hybridized carbons (Fsp3) is 0.810. The molecule has 10 heteroatoms. The third-order valence-electron chi connectivity index (χ3n) is 5.72. The van der Waals surface area contributed by atoms with Crippen molar-refractivity contribution in [2.75, 3.05) is 6.54 Å². The van der Waals surface area contributed by atoms with E-state index in [2.05, 4.69) is 10.6 Å². The number of aliphatic hydroxyl groups excluding tert-OH is 1. The Hall–Kier alpha value is -2.20. The molecule has 0 saturated carbocycles. The molecule has 3 amide bonds. The van der Waals surface area contributed by atoms with Crippen molar-refractivity contribution in [2.24, 2.45) is 17.6 Å². The van der Waals surface area contributed by atoms with Gasteiger partial charge in [0.25, 0.3) is 0 Å². The van der Waals surface area contributed by atoms with Gasteiger partial charge in [-0.25, -0.2) is 4.79 Å². The summed E-state index contributed by atoms with van der Waals surface area (Å²) in [5.41, 5.74) is 5.87. The van der Waals surface area contributed by atoms with Gasteiger partial charge in [-0.2, -0.15) is 0 Å². The second-order valence-corrected chi connectivity index (χ2v) is 8.86. The van der Waals surface area contributed by atoms with E-state index in [9.17, 15) is 29.4 Å². The van der Waals surface area contributed by atoms with E-state index in [1.807, 2.05) is 20.8 Å². The van der Waals surface area contributed by atoms with Crippen LogP contribution in [0.4, 0.5) is 0 Å². The van der Waals surface area contributed by atoms with Crippen LogP contribution in [0.15, 0.2) is 0 Å². The zero-order valence-corrected chi connectivity index (χ0v) is 19.1. The minimum atomic E-state index is -1.29. The van der Waals surface area contributed by atoms with Crippen molar-refractivity contribution in [3.8, 4) is 0 Å². The summed E-state index contributed by atoms with van der Waals surface area (Å²) < 4.78 is 0. The Morgan fingerprint density at radius 3 is 2.13 bits per heavy atom. The highest BCUT2D eigenvalue weighted by atomic mass is 16.4. The molecule has 0 aromatic carbocycles. The fourth-order valence-corrected chi connectivity index (χ4v) is 3.67. The Balaban J connectivity index is 2.98. The first-order valence-corrected chi connectivity index (χ1v) is 11.0. The predicted octanol–water partition coefficient (Wildman–Crippen LogP) is -0.168. The first kappa shape index (κ1) is 26.8. The largest absolute Gasteiger partial charge is 0.480 e. The molecule has 0 spiro atoms. The van der Waals surface area contributed by atoms with Crippen molar-refractivity contribution in [3.63, 3.8) is 0 Å². The standard InChI is InChI=1S/C21H38N4O6/c1-6-12(4)16(20(29)25-9-7-8-15(25)21(30)31)23-19(28)17(13(5)26)24-18(27)14(22)10-11(2)3/h11-17,26H,6-10,22H2,1-5H3,(H,23,28)(H,24,27)(H,30,31). The number of aliphatic carboxylic acids is 1. The first-order valence-electron chi connectivity index (χ1n) is 11.0. The van der Waals surface area contributed by atoms with Gasteiger partial charge < -0.3 is 31.5 Å². The second kappa shape index (κ2) is 12.0. The van der Waals surface area contributed by atoms with Crippen molar-refractivity contribution in [1.82, 2.24) is 15.5 Å². The van der Waals surface area contributed by atoms with E-state index in [1.54, 1.807) is 6.92 Å². The molecular formula is C21H38N4O6. The monoisotopic (exact) mass is 442 g/mol. The number of carboxylic acids is 1. The highest BCUT2D eigenvalue weighted by molar-refractivity contribution is 5.94. The minimum absolute atomic E-state index is 0.176. The predicted molar refractivity (Wildman–Crippen MR) is 115 cm³/mol. The maximum Gasteiger partial charge on any atom is 0.326 e. The molecule has 1 fully saturated rings. The summed E-state index contributed by atoms with van der Waals surface area (Å²) in [6, 6.07) is -4.02. The van der Waals surface area contributed by atoms with Gasteiger partial charge in [-0.3, -0.25) is 14.4 Å². The average Bonchev–Trinajstić information content (AvgIpc) is 3.18. The number of nitrogens with one attached hydrogen (secondary N) is 2. The lowest BCUT2D eigenvalue weighted by Gasteiger charge is -2.32. The molecule has 6 N–H and O–H groups in total. The molecule has 6 atom stereocenters. The number of carbonyl (C=O) groups is 4. The summed E-state index contributed by atoms with van der Waals surface area (Å²) in [6.07, 6.45) is 0.695. The maximum absolute atomic E-state index is 13.1. The fourth-order valence-electron chi connectivity index (χ4n) is 3.67. The summed E-state index contributed by atoms with van der Waals surface area (Å²) >= 11 is 0. The number of hydrogen-bond donors (Lipinski definition) is 5. The van der Waals surface area contributed by atoms with Crippen molar-refractivity contribution in [1.29, 1.82) is 0 Å². The van der Waals surface area contributed by atoms with Gasteiger partial charge in [0.15, 0.2) is 0 Å². The summed E-state index contributed by atoms with van der Waals surface area (Å²) in [6.45, 7) is 9.13. The van der Waals surface area contributed by atoms with Crippen LogP contribution in [0.3, 0.4) is 0 Å². The Labute approximate surface area is 183 Å². The average molecular weight is 443 g/mol. The molecular weight excluding hydrogens is 404 g/mol. The lowest BCUT2D eigenvalue weighted by atomic mass is 9.96. The molecule has 0 aromatic heterocycles. The first-order chi connectivity index (χ1) is 14.4. The molecule has 1 aliphatic rings. The number of nitrogens with zero attached hydrogens (tertiary/aromatic N) is 1. The van der Waals surface area contributed by atoms with Crippen molar-refractivity contribution in [2.45, 2.75) is 90.6 Å². The van der Waals surface area contributed by atoms with Gasteiger partial charge in [-0.1, -0.05) is 34.1 Å². The van der Waals surface area contributed by atoms with Crippen LogP contribution in [-0.4, -0.2) is 75.6 Å². The Morgan fingerprint density at radius 2 is 1.65 bits per heavy atom. The van der Waals surface area contributed by atoms with Crippen LogP contribution in [0.25, 0.3) is 0 Å². The number of carbonyl (C=O) groups excluding carboxylic acids is 3. The van der Waals surface area contributed by atoms with E-state index < -0.39 is 54.0 Å². The Bertz CT molecular complexity index is 654. The normalized spacial score (nSPS) is 21.2. The third kappa shape index (κ3) is 7.46. The van der Waals surface area contributed by atoms with E-state index >= 15 is 0 Å². The van der Waals surface area contributed by atoms with Gasteiger partial charge in [0.1, 0.15) is 18.1 Å². The zero-order chi connectivity index (χ0) is 23.9. The number of carboxylic acid groups (broad SMARTS) is 1. The Kier molecular flexibility index (Phi) is 10.4. The van der Waals surface area contributed by atoms with Crippen LogP contribution < -0.4 is 16.4 Å². The molecule has 0 aliphatic carbocycles. The number of hydrogen-bond acceptors (Lipinski definition) is 6. The molecule has 1 heterocycles.